The highest BCUT2D eigenvalue weighted by atomic mass is 32.1. The molecule has 2 heterocycles. The largest absolute Gasteiger partial charge is 0.454 e. The summed E-state index contributed by atoms with van der Waals surface area (Å²) in [6.07, 6.45) is 0. The molecule has 2 aromatic carbocycles. The van der Waals surface area contributed by atoms with E-state index in [2.05, 4.69) is 10.6 Å². The first-order valence-corrected chi connectivity index (χ1v) is 9.74. The predicted octanol–water partition coefficient (Wildman–Crippen LogP) is 3.61. The van der Waals surface area contributed by atoms with E-state index in [1.807, 2.05) is 35.7 Å². The van der Waals surface area contributed by atoms with E-state index in [1.165, 1.54) is 12.1 Å². The first kappa shape index (κ1) is 18.5. The zero-order chi connectivity index (χ0) is 19.3. The van der Waals surface area contributed by atoms with Crippen LogP contribution in [-0.2, 0) is 11.3 Å². The minimum Gasteiger partial charge on any atom is -0.454 e. The van der Waals surface area contributed by atoms with Gasteiger partial charge < -0.3 is 14.8 Å². The fourth-order valence-electron chi connectivity index (χ4n) is 3.00. The summed E-state index contributed by atoms with van der Waals surface area (Å²) in [4.78, 5) is 13.4. The average Bonchev–Trinajstić information content (AvgIpc) is 3.39. The maximum Gasteiger partial charge on any atom is 0.234 e. The molecule has 0 fully saturated rings. The molecule has 0 radical (unpaired) electrons. The van der Waals surface area contributed by atoms with Gasteiger partial charge in [-0.15, -0.1) is 11.3 Å². The van der Waals surface area contributed by atoms with Crippen LogP contribution >= 0.6 is 11.3 Å². The lowest BCUT2D eigenvalue weighted by Crippen LogP contribution is -2.35. The lowest BCUT2D eigenvalue weighted by molar-refractivity contribution is -0.120. The van der Waals surface area contributed by atoms with Crippen molar-refractivity contribution in [1.82, 2.24) is 10.6 Å². The van der Waals surface area contributed by atoms with Gasteiger partial charge in [0.05, 0.1) is 12.6 Å². The number of halogens is 1. The van der Waals surface area contributed by atoms with Crippen LogP contribution in [0.1, 0.15) is 22.0 Å². The molecule has 28 heavy (non-hydrogen) atoms. The van der Waals surface area contributed by atoms with E-state index in [1.54, 1.807) is 23.5 Å². The van der Waals surface area contributed by atoms with Gasteiger partial charge >= 0.3 is 0 Å². The second-order valence-electron chi connectivity index (χ2n) is 6.35. The van der Waals surface area contributed by atoms with Gasteiger partial charge in [0.2, 0.25) is 12.7 Å². The molecule has 7 heteroatoms. The molecule has 1 aromatic heterocycles. The summed E-state index contributed by atoms with van der Waals surface area (Å²) in [6.45, 7) is 0.768. The summed E-state index contributed by atoms with van der Waals surface area (Å²) >= 11 is 1.59. The zero-order valence-corrected chi connectivity index (χ0v) is 15.8. The van der Waals surface area contributed by atoms with E-state index >= 15 is 0 Å². The van der Waals surface area contributed by atoms with Gasteiger partial charge in [-0.1, -0.05) is 24.3 Å². The molecule has 3 aromatic rings. The van der Waals surface area contributed by atoms with Crippen LogP contribution in [0.25, 0.3) is 0 Å². The summed E-state index contributed by atoms with van der Waals surface area (Å²) in [6, 6.07) is 15.7. The van der Waals surface area contributed by atoms with Gasteiger partial charge in [0.1, 0.15) is 5.82 Å². The normalized spacial score (nSPS) is 13.3. The molecular formula is C21H19FN2O3S. The Balaban J connectivity index is 1.35. The third-order valence-corrected chi connectivity index (χ3v) is 5.36. The molecular weight excluding hydrogens is 379 g/mol. The molecule has 5 nitrogen and oxygen atoms in total. The number of nitrogens with one attached hydrogen (secondary N) is 2. The number of fused-ring (bicyclic) bond motifs is 1. The lowest BCUT2D eigenvalue weighted by Gasteiger charge is -2.18. The average molecular weight is 398 g/mol. The molecule has 1 aliphatic heterocycles. The molecule has 0 aliphatic carbocycles. The smallest absolute Gasteiger partial charge is 0.234 e. The molecule has 0 saturated heterocycles. The maximum atomic E-state index is 13.3. The van der Waals surface area contributed by atoms with Crippen molar-refractivity contribution in [3.8, 4) is 11.5 Å². The summed E-state index contributed by atoms with van der Waals surface area (Å²) in [5.41, 5.74) is 1.85. The molecule has 1 aliphatic rings. The van der Waals surface area contributed by atoms with Crippen molar-refractivity contribution in [1.29, 1.82) is 0 Å². The number of carbonyl (C=O) groups excluding carboxylic acids is 1. The van der Waals surface area contributed by atoms with Gasteiger partial charge in [0.25, 0.3) is 0 Å². The number of amides is 1. The van der Waals surface area contributed by atoms with Crippen molar-refractivity contribution in [2.75, 3.05) is 13.3 Å². The number of thiophene rings is 1. The molecule has 144 valence electrons. The first-order chi connectivity index (χ1) is 13.7. The Kier molecular flexibility index (Phi) is 5.55. The van der Waals surface area contributed by atoms with Gasteiger partial charge in [0.15, 0.2) is 11.5 Å². The zero-order valence-electron chi connectivity index (χ0n) is 15.0. The first-order valence-electron chi connectivity index (χ1n) is 8.86. The van der Waals surface area contributed by atoms with E-state index < -0.39 is 0 Å². The molecule has 0 bridgehead atoms. The highest BCUT2D eigenvalue weighted by Gasteiger charge is 2.17. The summed E-state index contributed by atoms with van der Waals surface area (Å²) in [5, 5.41) is 8.14. The fraction of sp³-hybridized carbons (Fsp3) is 0.190. The molecule has 1 unspecified atom stereocenters. The van der Waals surface area contributed by atoms with Gasteiger partial charge in [0, 0.05) is 11.4 Å². The van der Waals surface area contributed by atoms with Gasteiger partial charge in [-0.2, -0.15) is 0 Å². The van der Waals surface area contributed by atoms with Gasteiger partial charge in [-0.3, -0.25) is 10.1 Å². The van der Waals surface area contributed by atoms with Crippen LogP contribution in [0.5, 0.6) is 11.5 Å². The highest BCUT2D eigenvalue weighted by Crippen LogP contribution is 2.32. The Hall–Kier alpha value is -2.90. The Bertz CT molecular complexity index is 945. The number of carbonyl (C=O) groups is 1. The second-order valence-corrected chi connectivity index (χ2v) is 7.32. The van der Waals surface area contributed by atoms with Gasteiger partial charge in [-0.05, 0) is 46.8 Å². The van der Waals surface area contributed by atoms with E-state index in [9.17, 15) is 9.18 Å². The number of rotatable bonds is 7. The lowest BCUT2D eigenvalue weighted by atomic mass is 10.1. The van der Waals surface area contributed by atoms with E-state index in [-0.39, 0.29) is 31.1 Å². The molecule has 4 rings (SSSR count). The van der Waals surface area contributed by atoms with Crippen molar-refractivity contribution < 1.29 is 18.7 Å². The van der Waals surface area contributed by atoms with Crippen LogP contribution in [0.2, 0.25) is 0 Å². The SMILES string of the molecule is O=C(CNC(c1ccc(F)cc1)c1cccs1)NCc1ccc2c(c1)OCO2. The van der Waals surface area contributed by atoms with Crippen LogP contribution < -0.4 is 20.1 Å². The summed E-state index contributed by atoms with van der Waals surface area (Å²) < 4.78 is 23.9. The van der Waals surface area contributed by atoms with Crippen LogP contribution in [0, 0.1) is 5.82 Å². The number of benzene rings is 2. The maximum absolute atomic E-state index is 13.3. The van der Waals surface area contributed by atoms with Crippen LogP contribution in [0.3, 0.4) is 0 Å². The molecule has 0 spiro atoms. The number of hydrogen-bond donors (Lipinski definition) is 2. The van der Waals surface area contributed by atoms with Crippen LogP contribution in [0.4, 0.5) is 4.39 Å². The molecule has 0 saturated carbocycles. The minimum atomic E-state index is -0.282. The Morgan fingerprint density at radius 1 is 1.11 bits per heavy atom. The summed E-state index contributed by atoms with van der Waals surface area (Å²) in [5.74, 6) is 1.00. The number of hydrogen-bond acceptors (Lipinski definition) is 5. The van der Waals surface area contributed by atoms with E-state index in [4.69, 9.17) is 9.47 Å². The minimum absolute atomic E-state index is 0.124. The Morgan fingerprint density at radius 3 is 2.71 bits per heavy atom. The topological polar surface area (TPSA) is 59.6 Å². The second kappa shape index (κ2) is 8.41. The molecule has 1 amide bonds. The third kappa shape index (κ3) is 4.32. The fourth-order valence-corrected chi connectivity index (χ4v) is 3.83. The predicted molar refractivity (Wildman–Crippen MR) is 105 cm³/mol. The van der Waals surface area contributed by atoms with Crippen molar-refractivity contribution >= 4 is 17.2 Å². The standard InChI is InChI=1S/C21H19FN2O3S/c22-16-6-4-15(5-7-16)21(19-2-1-9-28-19)24-12-20(25)23-11-14-3-8-17-18(10-14)27-13-26-17/h1-10,21,24H,11-13H2,(H,23,25). The quantitative estimate of drug-likeness (QED) is 0.638. The number of ether oxygens (including phenoxy) is 2. The Morgan fingerprint density at radius 2 is 1.93 bits per heavy atom. The van der Waals surface area contributed by atoms with Gasteiger partial charge in [-0.25, -0.2) is 4.39 Å². The van der Waals surface area contributed by atoms with Crippen molar-refractivity contribution in [2.45, 2.75) is 12.6 Å². The highest BCUT2D eigenvalue weighted by molar-refractivity contribution is 7.10. The Labute approximate surface area is 166 Å². The van der Waals surface area contributed by atoms with Crippen LogP contribution in [-0.4, -0.2) is 19.2 Å². The van der Waals surface area contributed by atoms with Crippen molar-refractivity contribution in [2.24, 2.45) is 0 Å². The van der Waals surface area contributed by atoms with Crippen LogP contribution in [0.15, 0.2) is 60.0 Å². The van der Waals surface area contributed by atoms with Crippen molar-refractivity contribution in [3.05, 3.63) is 81.8 Å². The van der Waals surface area contributed by atoms with Crippen molar-refractivity contribution in [3.63, 3.8) is 0 Å². The summed E-state index contributed by atoms with van der Waals surface area (Å²) in [7, 11) is 0. The third-order valence-electron chi connectivity index (χ3n) is 4.42. The molecule has 2 N–H and O–H groups in total. The molecule has 1 atom stereocenters. The monoisotopic (exact) mass is 398 g/mol. The van der Waals surface area contributed by atoms with E-state index in [0.717, 1.165) is 21.8 Å². The van der Waals surface area contributed by atoms with E-state index in [0.29, 0.717) is 12.3 Å².